The minimum atomic E-state index is -0.0529. The summed E-state index contributed by atoms with van der Waals surface area (Å²) in [6, 6.07) is 3.49. The Bertz CT molecular complexity index is 336. The van der Waals surface area contributed by atoms with Crippen molar-refractivity contribution in [1.82, 2.24) is 9.88 Å². The molecule has 0 aliphatic carbocycles. The second-order valence-electron chi connectivity index (χ2n) is 3.03. The highest BCUT2D eigenvalue weighted by atomic mass is 16.2. The van der Waals surface area contributed by atoms with E-state index in [0.29, 0.717) is 18.7 Å². The molecule has 0 saturated heterocycles. The third-order valence-corrected chi connectivity index (χ3v) is 1.89. The molecule has 3 nitrogen and oxygen atoms in total. The smallest absolute Gasteiger partial charge is 0.255 e. The molecule has 15 heavy (non-hydrogen) atoms. The van der Waals surface area contributed by atoms with E-state index in [1.54, 1.807) is 41.6 Å². The van der Waals surface area contributed by atoms with Crippen LogP contribution in [0.3, 0.4) is 0 Å². The summed E-state index contributed by atoms with van der Waals surface area (Å²) < 4.78 is 0. The number of amides is 1. The Kier molecular flexibility index (Phi) is 4.29. The summed E-state index contributed by atoms with van der Waals surface area (Å²) in [6.45, 7) is 8.26. The Labute approximate surface area is 89.7 Å². The van der Waals surface area contributed by atoms with Crippen molar-refractivity contribution in [2.45, 2.75) is 0 Å². The molecular weight excluding hydrogens is 188 g/mol. The lowest BCUT2D eigenvalue weighted by molar-refractivity contribution is 0.0790. The van der Waals surface area contributed by atoms with Gasteiger partial charge in [0.05, 0.1) is 5.56 Å². The van der Waals surface area contributed by atoms with Gasteiger partial charge in [-0.15, -0.1) is 13.2 Å². The molecular formula is C12H14N2O. The number of rotatable bonds is 5. The van der Waals surface area contributed by atoms with Crippen LogP contribution in [0.5, 0.6) is 0 Å². The van der Waals surface area contributed by atoms with E-state index in [1.807, 2.05) is 0 Å². The molecule has 78 valence electrons. The van der Waals surface area contributed by atoms with E-state index in [-0.39, 0.29) is 5.91 Å². The van der Waals surface area contributed by atoms with E-state index >= 15 is 0 Å². The summed E-state index contributed by atoms with van der Waals surface area (Å²) in [5, 5.41) is 0. The van der Waals surface area contributed by atoms with Crippen molar-refractivity contribution >= 4 is 5.91 Å². The van der Waals surface area contributed by atoms with Crippen LogP contribution in [0.4, 0.5) is 0 Å². The van der Waals surface area contributed by atoms with Gasteiger partial charge < -0.3 is 4.90 Å². The van der Waals surface area contributed by atoms with Crippen LogP contribution in [-0.4, -0.2) is 28.9 Å². The van der Waals surface area contributed by atoms with Crippen LogP contribution >= 0.6 is 0 Å². The molecule has 1 aromatic rings. The lowest BCUT2D eigenvalue weighted by Gasteiger charge is -2.18. The van der Waals surface area contributed by atoms with Crippen molar-refractivity contribution in [3.8, 4) is 0 Å². The molecule has 0 bridgehead atoms. The van der Waals surface area contributed by atoms with Crippen molar-refractivity contribution in [3.63, 3.8) is 0 Å². The normalized spacial score (nSPS) is 9.33. The van der Waals surface area contributed by atoms with Crippen molar-refractivity contribution in [3.05, 3.63) is 55.4 Å². The number of carbonyl (C=O) groups excluding carboxylic acids is 1. The first kappa shape index (κ1) is 11.2. The minimum Gasteiger partial charge on any atom is -0.331 e. The van der Waals surface area contributed by atoms with Crippen LogP contribution in [0.25, 0.3) is 0 Å². The maximum Gasteiger partial charge on any atom is 0.255 e. The number of nitrogens with zero attached hydrogens (tertiary/aromatic N) is 2. The predicted molar refractivity (Wildman–Crippen MR) is 60.5 cm³/mol. The first-order valence-corrected chi connectivity index (χ1v) is 4.70. The van der Waals surface area contributed by atoms with Gasteiger partial charge in [0.25, 0.3) is 5.91 Å². The quantitative estimate of drug-likeness (QED) is 0.683. The fraction of sp³-hybridized carbons (Fsp3) is 0.167. The largest absolute Gasteiger partial charge is 0.331 e. The lowest BCUT2D eigenvalue weighted by atomic mass is 10.2. The molecule has 0 radical (unpaired) electrons. The molecule has 1 heterocycles. The van der Waals surface area contributed by atoms with Crippen LogP contribution < -0.4 is 0 Å². The van der Waals surface area contributed by atoms with Crippen LogP contribution in [0, 0.1) is 0 Å². The van der Waals surface area contributed by atoms with Crippen molar-refractivity contribution in [2.75, 3.05) is 13.1 Å². The predicted octanol–water partition coefficient (Wildman–Crippen LogP) is 1.90. The van der Waals surface area contributed by atoms with E-state index in [4.69, 9.17) is 0 Å². The topological polar surface area (TPSA) is 33.2 Å². The summed E-state index contributed by atoms with van der Waals surface area (Å²) in [4.78, 5) is 17.5. The lowest BCUT2D eigenvalue weighted by Crippen LogP contribution is -2.31. The Morgan fingerprint density at radius 2 is 2.07 bits per heavy atom. The van der Waals surface area contributed by atoms with Gasteiger partial charge in [-0.2, -0.15) is 0 Å². The molecule has 0 aromatic carbocycles. The summed E-state index contributed by atoms with van der Waals surface area (Å²) in [6.07, 6.45) is 6.58. The summed E-state index contributed by atoms with van der Waals surface area (Å²) >= 11 is 0. The third kappa shape index (κ3) is 3.06. The zero-order valence-electron chi connectivity index (χ0n) is 8.60. The van der Waals surface area contributed by atoms with Gasteiger partial charge >= 0.3 is 0 Å². The monoisotopic (exact) mass is 202 g/mol. The Hall–Kier alpha value is -1.90. The number of hydrogen-bond acceptors (Lipinski definition) is 2. The number of carbonyl (C=O) groups is 1. The molecule has 0 spiro atoms. The molecule has 1 aromatic heterocycles. The van der Waals surface area contributed by atoms with Gasteiger partial charge in [0, 0.05) is 25.5 Å². The van der Waals surface area contributed by atoms with Gasteiger partial charge in [-0.05, 0) is 12.1 Å². The van der Waals surface area contributed by atoms with Gasteiger partial charge in [-0.3, -0.25) is 9.78 Å². The first-order valence-electron chi connectivity index (χ1n) is 4.70. The average molecular weight is 202 g/mol. The first-order chi connectivity index (χ1) is 7.29. The number of aromatic nitrogens is 1. The van der Waals surface area contributed by atoms with Crippen molar-refractivity contribution in [2.24, 2.45) is 0 Å². The van der Waals surface area contributed by atoms with E-state index in [2.05, 4.69) is 18.1 Å². The van der Waals surface area contributed by atoms with Gasteiger partial charge in [0.15, 0.2) is 0 Å². The molecule has 0 atom stereocenters. The highest BCUT2D eigenvalue weighted by Gasteiger charge is 2.12. The Morgan fingerprint density at radius 3 is 2.53 bits per heavy atom. The van der Waals surface area contributed by atoms with Crippen molar-refractivity contribution < 1.29 is 4.79 Å². The summed E-state index contributed by atoms with van der Waals surface area (Å²) in [5.41, 5.74) is 0.584. The van der Waals surface area contributed by atoms with Crippen LogP contribution in [0.2, 0.25) is 0 Å². The molecule has 1 rings (SSSR count). The average Bonchev–Trinajstić information content (AvgIpc) is 2.29. The standard InChI is InChI=1S/C12H14N2O/c1-3-8-14(9-4-2)12(15)11-6-5-7-13-10-11/h3-7,10H,1-2,8-9H2. The zero-order chi connectivity index (χ0) is 11.1. The number of hydrogen-bond donors (Lipinski definition) is 0. The van der Waals surface area contributed by atoms with E-state index in [1.165, 1.54) is 0 Å². The molecule has 0 aliphatic heterocycles. The fourth-order valence-corrected chi connectivity index (χ4v) is 1.22. The fourth-order valence-electron chi connectivity index (χ4n) is 1.22. The molecule has 0 fully saturated rings. The highest BCUT2D eigenvalue weighted by molar-refractivity contribution is 5.94. The summed E-state index contributed by atoms with van der Waals surface area (Å²) in [5.74, 6) is -0.0529. The van der Waals surface area contributed by atoms with Crippen LogP contribution in [-0.2, 0) is 0 Å². The molecule has 0 aliphatic rings. The van der Waals surface area contributed by atoms with E-state index < -0.39 is 0 Å². The van der Waals surface area contributed by atoms with Gasteiger partial charge in [-0.25, -0.2) is 0 Å². The summed E-state index contributed by atoms with van der Waals surface area (Å²) in [7, 11) is 0. The second-order valence-corrected chi connectivity index (χ2v) is 3.03. The molecule has 0 N–H and O–H groups in total. The van der Waals surface area contributed by atoms with E-state index in [0.717, 1.165) is 0 Å². The van der Waals surface area contributed by atoms with Gasteiger partial charge in [0.2, 0.25) is 0 Å². The van der Waals surface area contributed by atoms with Crippen molar-refractivity contribution in [1.29, 1.82) is 0 Å². The zero-order valence-corrected chi connectivity index (χ0v) is 8.60. The Morgan fingerprint density at radius 1 is 1.40 bits per heavy atom. The van der Waals surface area contributed by atoms with Crippen LogP contribution in [0.15, 0.2) is 49.8 Å². The van der Waals surface area contributed by atoms with Gasteiger partial charge in [0.1, 0.15) is 0 Å². The third-order valence-electron chi connectivity index (χ3n) is 1.89. The molecule has 3 heteroatoms. The minimum absolute atomic E-state index is 0.0529. The molecule has 0 unspecified atom stereocenters. The molecule has 1 amide bonds. The number of pyridine rings is 1. The maximum atomic E-state index is 11.9. The SMILES string of the molecule is C=CCN(CC=C)C(=O)c1cccnc1. The van der Waals surface area contributed by atoms with E-state index in [9.17, 15) is 4.79 Å². The second kappa shape index (κ2) is 5.75. The van der Waals surface area contributed by atoms with Gasteiger partial charge in [-0.1, -0.05) is 12.2 Å². The van der Waals surface area contributed by atoms with Crippen LogP contribution in [0.1, 0.15) is 10.4 Å². The molecule has 0 saturated carbocycles. The highest BCUT2D eigenvalue weighted by Crippen LogP contribution is 2.03. The Balaban J connectivity index is 2.80. The maximum absolute atomic E-state index is 11.9.